The van der Waals surface area contributed by atoms with Crippen molar-refractivity contribution in [3.8, 4) is 23.0 Å². The Labute approximate surface area is 308 Å². The van der Waals surface area contributed by atoms with Crippen molar-refractivity contribution >= 4 is 27.4 Å². The van der Waals surface area contributed by atoms with E-state index in [-0.39, 0.29) is 44.1 Å². The van der Waals surface area contributed by atoms with Gasteiger partial charge in [0.2, 0.25) is 5.92 Å². The number of amides is 1. The first-order valence-electron chi connectivity index (χ1n) is 16.4. The van der Waals surface area contributed by atoms with Gasteiger partial charge in [-0.3, -0.25) is 4.79 Å². The molecule has 0 aliphatic carbocycles. The average molecular weight is 781 g/mol. The third-order valence-corrected chi connectivity index (χ3v) is 10.3. The van der Waals surface area contributed by atoms with Gasteiger partial charge in [0.1, 0.15) is 23.0 Å². The zero-order valence-electron chi connectivity index (χ0n) is 29.6. The van der Waals surface area contributed by atoms with E-state index in [0.29, 0.717) is 40.2 Å². The molecule has 19 heteroatoms. The molecule has 290 valence electrons. The number of nitrogens with zero attached hydrogens (tertiary/aromatic N) is 5. The monoisotopic (exact) mass is 780 g/mol. The molecule has 1 N–H and O–H groups in total. The van der Waals surface area contributed by atoms with Crippen molar-refractivity contribution in [3.05, 3.63) is 83.2 Å². The van der Waals surface area contributed by atoms with Crippen LogP contribution < -0.4 is 29.2 Å². The van der Waals surface area contributed by atoms with Gasteiger partial charge in [-0.05, 0) is 30.7 Å². The van der Waals surface area contributed by atoms with Crippen molar-refractivity contribution in [1.29, 1.82) is 0 Å². The van der Waals surface area contributed by atoms with Crippen LogP contribution in [0.2, 0.25) is 0 Å². The van der Waals surface area contributed by atoms with Gasteiger partial charge in [-0.2, -0.15) is 17.5 Å². The Hall–Kier alpha value is -5.30. The first-order valence-corrected chi connectivity index (χ1v) is 17.8. The molecule has 5 rings (SSSR count). The molecule has 1 aliphatic rings. The summed E-state index contributed by atoms with van der Waals surface area (Å²) in [5.41, 5.74) is -1.29. The standard InChI is InChI=1S/C35H37F5N6O7S/c1-50-25-8-6-22(28(17-25)52-3)20-46(21-23-7-9-26(51-2)18-29(23)53-4)54(48,49)31-16-24(10-13-41-31)42-33(47)27-19-30(35(38,39)40)43-44-32(27)45-14-5-11-34(36,37)12-15-45/h6-10,13,16-19H,5,11-12,14-15,20-21H2,1-4H3,(H,41,42,47). The lowest BCUT2D eigenvalue weighted by Crippen LogP contribution is -2.31. The predicted octanol–water partition coefficient (Wildman–Crippen LogP) is 6.19. The number of sulfonamides is 1. The number of rotatable bonds is 13. The second-order valence-corrected chi connectivity index (χ2v) is 14.0. The third kappa shape index (κ3) is 9.25. The number of carbonyl (C=O) groups is 1. The van der Waals surface area contributed by atoms with E-state index in [1.807, 2.05) is 0 Å². The Kier molecular flexibility index (Phi) is 12.1. The number of carbonyl (C=O) groups excluding carboxylic acids is 1. The fourth-order valence-electron chi connectivity index (χ4n) is 5.73. The van der Waals surface area contributed by atoms with Crippen LogP contribution in [0, 0.1) is 0 Å². The summed E-state index contributed by atoms with van der Waals surface area (Å²) in [5.74, 6) is -2.84. The van der Waals surface area contributed by atoms with Crippen LogP contribution in [0.15, 0.2) is 65.8 Å². The van der Waals surface area contributed by atoms with Crippen molar-refractivity contribution in [2.24, 2.45) is 0 Å². The molecule has 1 fully saturated rings. The van der Waals surface area contributed by atoms with Gasteiger partial charge in [-0.25, -0.2) is 22.2 Å². The number of pyridine rings is 1. The molecule has 0 bridgehead atoms. The Morgan fingerprint density at radius 1 is 0.852 bits per heavy atom. The molecule has 1 saturated heterocycles. The predicted molar refractivity (Wildman–Crippen MR) is 186 cm³/mol. The van der Waals surface area contributed by atoms with Gasteiger partial charge in [0.25, 0.3) is 15.9 Å². The molecule has 2 aromatic carbocycles. The van der Waals surface area contributed by atoms with E-state index < -0.39 is 57.2 Å². The molecular formula is C35H37F5N6O7S. The normalized spacial score (nSPS) is 14.7. The van der Waals surface area contributed by atoms with Crippen molar-refractivity contribution in [1.82, 2.24) is 19.5 Å². The quantitative estimate of drug-likeness (QED) is 0.155. The lowest BCUT2D eigenvalue weighted by atomic mass is 10.1. The highest BCUT2D eigenvalue weighted by Gasteiger charge is 2.37. The fraction of sp³-hybridized carbons (Fsp3) is 0.371. The van der Waals surface area contributed by atoms with E-state index >= 15 is 0 Å². The van der Waals surface area contributed by atoms with Gasteiger partial charge in [0.05, 0.1) is 34.0 Å². The molecule has 3 heterocycles. The maximum atomic E-state index is 14.4. The molecule has 0 saturated carbocycles. The third-order valence-electron chi connectivity index (χ3n) is 8.61. The maximum Gasteiger partial charge on any atom is 0.435 e. The molecule has 4 aromatic rings. The second-order valence-electron chi connectivity index (χ2n) is 12.1. The van der Waals surface area contributed by atoms with Crippen LogP contribution >= 0.6 is 0 Å². The zero-order valence-corrected chi connectivity index (χ0v) is 30.4. The Morgan fingerprint density at radius 3 is 2.02 bits per heavy atom. The summed E-state index contributed by atoms with van der Waals surface area (Å²) in [6, 6.07) is 12.5. The number of benzene rings is 2. The van der Waals surface area contributed by atoms with Crippen LogP contribution in [0.5, 0.6) is 23.0 Å². The molecule has 0 radical (unpaired) electrons. The molecule has 0 unspecified atom stereocenters. The van der Waals surface area contributed by atoms with Crippen molar-refractivity contribution in [2.75, 3.05) is 51.7 Å². The van der Waals surface area contributed by atoms with E-state index in [1.54, 1.807) is 36.4 Å². The first-order chi connectivity index (χ1) is 25.6. The number of alkyl halides is 5. The summed E-state index contributed by atoms with van der Waals surface area (Å²) >= 11 is 0. The summed E-state index contributed by atoms with van der Waals surface area (Å²) in [4.78, 5) is 19.0. The van der Waals surface area contributed by atoms with Gasteiger partial charge in [0.15, 0.2) is 16.5 Å². The minimum Gasteiger partial charge on any atom is -0.497 e. The van der Waals surface area contributed by atoms with Crippen LogP contribution in [0.3, 0.4) is 0 Å². The molecule has 54 heavy (non-hydrogen) atoms. The lowest BCUT2D eigenvalue weighted by Gasteiger charge is -2.25. The van der Waals surface area contributed by atoms with Crippen molar-refractivity contribution in [3.63, 3.8) is 0 Å². The maximum absolute atomic E-state index is 14.4. The van der Waals surface area contributed by atoms with Gasteiger partial charge in [-0.15, -0.1) is 10.2 Å². The van der Waals surface area contributed by atoms with Crippen molar-refractivity contribution in [2.45, 2.75) is 49.5 Å². The second kappa shape index (κ2) is 16.4. The van der Waals surface area contributed by atoms with Gasteiger partial charge in [-0.1, -0.05) is 12.1 Å². The number of hydrogen-bond acceptors (Lipinski definition) is 11. The molecule has 0 spiro atoms. The van der Waals surface area contributed by atoms with Crippen LogP contribution in [-0.2, 0) is 29.3 Å². The van der Waals surface area contributed by atoms with E-state index in [1.165, 1.54) is 39.4 Å². The fourth-order valence-corrected chi connectivity index (χ4v) is 7.08. The number of ether oxygens (including phenoxy) is 4. The summed E-state index contributed by atoms with van der Waals surface area (Å²) in [6.45, 7) is -0.770. The van der Waals surface area contributed by atoms with Gasteiger partial charge < -0.3 is 29.2 Å². The smallest absolute Gasteiger partial charge is 0.435 e. The number of hydrogen-bond donors (Lipinski definition) is 1. The summed E-state index contributed by atoms with van der Waals surface area (Å²) in [7, 11) is 1.25. The minimum atomic E-state index is -4.98. The minimum absolute atomic E-state index is 0.0103. The number of halogens is 5. The summed E-state index contributed by atoms with van der Waals surface area (Å²) in [5, 5.41) is 8.75. The number of aromatic nitrogens is 3. The summed E-state index contributed by atoms with van der Waals surface area (Å²) in [6.07, 6.45) is -4.94. The Balaban J connectivity index is 1.51. The van der Waals surface area contributed by atoms with Crippen LogP contribution in [0.1, 0.15) is 46.4 Å². The lowest BCUT2D eigenvalue weighted by molar-refractivity contribution is -0.141. The largest absolute Gasteiger partial charge is 0.497 e. The topological polar surface area (TPSA) is 145 Å². The summed E-state index contributed by atoms with van der Waals surface area (Å²) < 4.78 is 121. The number of anilines is 2. The van der Waals surface area contributed by atoms with Crippen LogP contribution in [0.25, 0.3) is 0 Å². The molecule has 13 nitrogen and oxygen atoms in total. The average Bonchev–Trinajstić information content (AvgIpc) is 3.34. The van der Waals surface area contributed by atoms with E-state index in [4.69, 9.17) is 18.9 Å². The number of methoxy groups -OCH3 is 4. The molecule has 2 aromatic heterocycles. The van der Waals surface area contributed by atoms with Gasteiger partial charge >= 0.3 is 6.18 Å². The Morgan fingerprint density at radius 2 is 1.46 bits per heavy atom. The highest BCUT2D eigenvalue weighted by Crippen LogP contribution is 2.35. The van der Waals surface area contributed by atoms with E-state index in [2.05, 4.69) is 20.5 Å². The highest BCUT2D eigenvalue weighted by atomic mass is 32.2. The molecule has 1 aliphatic heterocycles. The molecule has 0 atom stereocenters. The molecule has 1 amide bonds. The highest BCUT2D eigenvalue weighted by molar-refractivity contribution is 7.89. The Bertz CT molecular complexity index is 2030. The number of nitrogens with one attached hydrogen (secondary N) is 1. The molecular weight excluding hydrogens is 743 g/mol. The van der Waals surface area contributed by atoms with Gasteiger partial charge in [0, 0.05) is 80.2 Å². The zero-order chi connectivity index (χ0) is 39.3. The van der Waals surface area contributed by atoms with Crippen LogP contribution in [0.4, 0.5) is 33.5 Å². The van der Waals surface area contributed by atoms with E-state index in [9.17, 15) is 35.2 Å². The first kappa shape index (κ1) is 39.9. The SMILES string of the molecule is COc1ccc(CN(Cc2ccc(OC)cc2OC)S(=O)(=O)c2cc(NC(=O)c3cc(C(F)(F)F)nnc3N3CCCC(F)(F)CC3)ccn2)c(OC)c1. The van der Waals surface area contributed by atoms with Crippen molar-refractivity contribution < 1.29 is 54.1 Å². The van der Waals surface area contributed by atoms with Crippen LogP contribution in [-0.4, -0.2) is 81.3 Å². The van der Waals surface area contributed by atoms with E-state index in [0.717, 1.165) is 16.6 Å².